The molecule has 9 heteroatoms. The van der Waals surface area contributed by atoms with Gasteiger partial charge < -0.3 is 19.7 Å². The van der Waals surface area contributed by atoms with E-state index in [0.717, 1.165) is 5.52 Å². The highest BCUT2D eigenvalue weighted by molar-refractivity contribution is 5.95. The monoisotopic (exact) mass is 344 g/mol. The molecule has 1 heterocycles. The molecule has 4 N–H and O–H groups in total. The van der Waals surface area contributed by atoms with Gasteiger partial charge >= 0.3 is 5.97 Å². The number of phenols is 2. The molecule has 3 aromatic rings. The number of carbonyl (C=O) groups excluding carboxylic acids is 1. The number of aromatic amines is 1. The Balaban J connectivity index is 1.39. The molecular formula is C16H16N4O5. The predicted octanol–water partition coefficient (Wildman–Crippen LogP) is 1.15. The van der Waals surface area contributed by atoms with Crippen LogP contribution in [0.2, 0.25) is 0 Å². The Morgan fingerprint density at radius 2 is 1.88 bits per heavy atom. The van der Waals surface area contributed by atoms with Gasteiger partial charge in [0.1, 0.15) is 47.2 Å². The van der Waals surface area contributed by atoms with Gasteiger partial charge in [0.05, 0.1) is 0 Å². The molecule has 0 fully saturated rings. The average Bonchev–Trinajstić information content (AvgIpc) is 3.05. The van der Waals surface area contributed by atoms with Gasteiger partial charge in [-0.1, -0.05) is 6.07 Å². The van der Waals surface area contributed by atoms with Crippen LogP contribution in [0.4, 0.5) is 0 Å². The fourth-order valence-corrected chi connectivity index (χ4v) is 2.14. The number of esters is 1. The maximum absolute atomic E-state index is 11.8. The van der Waals surface area contributed by atoms with Crippen molar-refractivity contribution in [1.82, 2.24) is 20.7 Å². The number of carbonyl (C=O) groups is 1. The Kier molecular flexibility index (Phi) is 4.95. The lowest BCUT2D eigenvalue weighted by Crippen LogP contribution is -2.25. The van der Waals surface area contributed by atoms with E-state index in [4.69, 9.17) is 9.47 Å². The van der Waals surface area contributed by atoms with Gasteiger partial charge in [-0.05, 0) is 24.3 Å². The number of hydrogen-bond acceptors (Lipinski definition) is 8. The third-order valence-corrected chi connectivity index (χ3v) is 3.37. The first-order valence-electron chi connectivity index (χ1n) is 7.47. The molecule has 0 unspecified atom stereocenters. The summed E-state index contributed by atoms with van der Waals surface area (Å²) in [6, 6.07) is 9.34. The first-order valence-corrected chi connectivity index (χ1v) is 7.47. The average molecular weight is 344 g/mol. The van der Waals surface area contributed by atoms with Crippen LogP contribution in [0.15, 0.2) is 36.4 Å². The lowest BCUT2D eigenvalue weighted by atomic mass is 10.2. The van der Waals surface area contributed by atoms with Crippen molar-refractivity contribution in [1.29, 1.82) is 0 Å². The molecule has 0 saturated heterocycles. The molecule has 0 atom stereocenters. The fraction of sp³-hybridized carbons (Fsp3) is 0.188. The molecule has 0 aliphatic rings. The van der Waals surface area contributed by atoms with Crippen molar-refractivity contribution in [3.8, 4) is 17.2 Å². The second-order valence-corrected chi connectivity index (χ2v) is 5.07. The highest BCUT2D eigenvalue weighted by atomic mass is 16.5. The van der Waals surface area contributed by atoms with Gasteiger partial charge in [0.2, 0.25) is 0 Å². The molecule has 0 bridgehead atoms. The Morgan fingerprint density at radius 3 is 2.68 bits per heavy atom. The summed E-state index contributed by atoms with van der Waals surface area (Å²) in [6.45, 7) is 0.605. The van der Waals surface area contributed by atoms with E-state index in [1.807, 2.05) is 0 Å². The number of hydrogen-bond donors (Lipinski definition) is 4. The zero-order valence-corrected chi connectivity index (χ0v) is 13.1. The number of rotatable bonds is 7. The van der Waals surface area contributed by atoms with Gasteiger partial charge in [0, 0.05) is 12.6 Å². The summed E-state index contributed by atoms with van der Waals surface area (Å²) in [6.07, 6.45) is 0. The van der Waals surface area contributed by atoms with Gasteiger partial charge in [0.25, 0.3) is 0 Å². The first-order chi connectivity index (χ1) is 12.1. The van der Waals surface area contributed by atoms with Gasteiger partial charge in [-0.15, -0.1) is 0 Å². The van der Waals surface area contributed by atoms with Crippen LogP contribution < -0.4 is 10.1 Å². The van der Waals surface area contributed by atoms with E-state index in [-0.39, 0.29) is 30.4 Å². The quantitative estimate of drug-likeness (QED) is 0.285. The van der Waals surface area contributed by atoms with E-state index in [1.165, 1.54) is 18.2 Å². The van der Waals surface area contributed by atoms with Crippen molar-refractivity contribution in [2.24, 2.45) is 0 Å². The number of aromatic nitrogens is 3. The Morgan fingerprint density at radius 1 is 1.12 bits per heavy atom. The first kappa shape index (κ1) is 16.5. The minimum absolute atomic E-state index is 0.0539. The van der Waals surface area contributed by atoms with E-state index in [0.29, 0.717) is 17.8 Å². The number of benzene rings is 2. The molecule has 25 heavy (non-hydrogen) atoms. The minimum Gasteiger partial charge on any atom is -0.507 e. The molecule has 1 aromatic heterocycles. The highest BCUT2D eigenvalue weighted by Crippen LogP contribution is 2.26. The smallest absolute Gasteiger partial charge is 0.345 e. The zero-order chi connectivity index (χ0) is 17.6. The Hall–Kier alpha value is -3.33. The molecule has 2 aromatic carbocycles. The summed E-state index contributed by atoms with van der Waals surface area (Å²) in [4.78, 5) is 11.8. The number of aromatic hydroxyl groups is 2. The van der Waals surface area contributed by atoms with Crippen molar-refractivity contribution in [3.05, 3.63) is 42.0 Å². The second kappa shape index (κ2) is 7.49. The SMILES string of the molecule is O=C(OCCNCOc1ccc2n[nH]nc2c1)c1c(O)cccc1O. The van der Waals surface area contributed by atoms with Crippen LogP contribution in [0.25, 0.3) is 11.0 Å². The number of nitrogens with zero attached hydrogens (tertiary/aromatic N) is 2. The van der Waals surface area contributed by atoms with E-state index >= 15 is 0 Å². The van der Waals surface area contributed by atoms with Crippen LogP contribution in [0.5, 0.6) is 17.2 Å². The largest absolute Gasteiger partial charge is 0.507 e. The lowest BCUT2D eigenvalue weighted by Gasteiger charge is -2.09. The van der Waals surface area contributed by atoms with Crippen LogP contribution in [0.1, 0.15) is 10.4 Å². The van der Waals surface area contributed by atoms with Gasteiger partial charge in [-0.25, -0.2) is 4.79 Å². The Labute approximate surface area is 142 Å². The predicted molar refractivity (Wildman–Crippen MR) is 87.4 cm³/mol. The topological polar surface area (TPSA) is 130 Å². The van der Waals surface area contributed by atoms with Crippen LogP contribution in [0, 0.1) is 0 Å². The molecule has 130 valence electrons. The fourth-order valence-electron chi connectivity index (χ4n) is 2.14. The number of fused-ring (bicyclic) bond motifs is 1. The van der Waals surface area contributed by atoms with Gasteiger partial charge in [0.15, 0.2) is 0 Å². The maximum Gasteiger partial charge on any atom is 0.345 e. The molecular weight excluding hydrogens is 328 g/mol. The molecule has 0 aliphatic heterocycles. The zero-order valence-electron chi connectivity index (χ0n) is 13.1. The van der Waals surface area contributed by atoms with E-state index in [9.17, 15) is 15.0 Å². The standard InChI is InChI=1S/C16H16N4O5/c21-13-2-1-3-14(22)15(13)16(23)24-7-6-17-9-25-10-4-5-11-12(8-10)19-20-18-11/h1-5,8,17,21-22H,6-7,9H2,(H,18,19,20). The van der Waals surface area contributed by atoms with Crippen LogP contribution in [0.3, 0.4) is 0 Å². The third kappa shape index (κ3) is 3.96. The summed E-state index contributed by atoms with van der Waals surface area (Å²) in [5.41, 5.74) is 1.20. The minimum atomic E-state index is -0.796. The van der Waals surface area contributed by atoms with Crippen LogP contribution in [-0.2, 0) is 4.74 Å². The number of nitrogens with one attached hydrogen (secondary N) is 2. The van der Waals surface area contributed by atoms with E-state index in [1.54, 1.807) is 18.2 Å². The number of phenolic OH excluding ortho intramolecular Hbond substituents is 2. The van der Waals surface area contributed by atoms with E-state index in [2.05, 4.69) is 20.7 Å². The van der Waals surface area contributed by atoms with Crippen molar-refractivity contribution < 1.29 is 24.5 Å². The summed E-state index contributed by atoms with van der Waals surface area (Å²) in [7, 11) is 0. The van der Waals surface area contributed by atoms with Crippen LogP contribution in [-0.4, -0.2) is 51.5 Å². The van der Waals surface area contributed by atoms with E-state index < -0.39 is 5.97 Å². The molecule has 9 nitrogen and oxygen atoms in total. The van der Waals surface area contributed by atoms with Crippen molar-refractivity contribution in [2.45, 2.75) is 0 Å². The molecule has 0 amide bonds. The summed E-state index contributed by atoms with van der Waals surface area (Å²) < 4.78 is 10.5. The number of ether oxygens (including phenoxy) is 2. The Bertz CT molecular complexity index is 860. The van der Waals surface area contributed by atoms with Crippen molar-refractivity contribution in [3.63, 3.8) is 0 Å². The number of H-pyrrole nitrogens is 1. The summed E-state index contributed by atoms with van der Waals surface area (Å²) >= 11 is 0. The second-order valence-electron chi connectivity index (χ2n) is 5.07. The third-order valence-electron chi connectivity index (χ3n) is 3.37. The molecule has 3 rings (SSSR count). The van der Waals surface area contributed by atoms with Crippen molar-refractivity contribution >= 4 is 17.0 Å². The molecule has 0 spiro atoms. The summed E-state index contributed by atoms with van der Waals surface area (Å²) in [5.74, 6) is -0.825. The highest BCUT2D eigenvalue weighted by Gasteiger charge is 2.17. The molecule has 0 radical (unpaired) electrons. The maximum atomic E-state index is 11.8. The molecule has 0 saturated carbocycles. The van der Waals surface area contributed by atoms with Gasteiger partial charge in [-0.3, -0.25) is 5.32 Å². The molecule has 0 aliphatic carbocycles. The van der Waals surface area contributed by atoms with Gasteiger partial charge in [-0.2, -0.15) is 15.4 Å². The normalized spacial score (nSPS) is 10.7. The summed E-state index contributed by atoms with van der Waals surface area (Å²) in [5, 5.41) is 32.5. The van der Waals surface area contributed by atoms with Crippen LogP contribution >= 0.6 is 0 Å². The van der Waals surface area contributed by atoms with Crippen molar-refractivity contribution in [2.75, 3.05) is 19.9 Å². The lowest BCUT2D eigenvalue weighted by molar-refractivity contribution is 0.0496.